The van der Waals surface area contributed by atoms with Crippen LogP contribution in [0.1, 0.15) is 98.6 Å². The minimum Gasteiger partial charge on any atom is -0.299 e. The molecule has 1 aromatic carbocycles. The van der Waals surface area contributed by atoms with E-state index in [9.17, 15) is 14.4 Å². The third kappa shape index (κ3) is 6.23. The second-order valence-corrected chi connectivity index (χ2v) is 11.8. The van der Waals surface area contributed by atoms with Crippen LogP contribution in [0.5, 0.6) is 0 Å². The zero-order valence-electron chi connectivity index (χ0n) is 22.7. The Bertz CT molecular complexity index is 971. The average molecular weight is 465 g/mol. The molecule has 0 amide bonds. The van der Waals surface area contributed by atoms with Gasteiger partial charge in [-0.3, -0.25) is 14.4 Å². The number of carbonyl (C=O) groups is 3. The summed E-state index contributed by atoms with van der Waals surface area (Å²) in [6, 6.07) is 8.49. The van der Waals surface area contributed by atoms with Gasteiger partial charge in [-0.2, -0.15) is 0 Å². The van der Waals surface area contributed by atoms with Gasteiger partial charge in [-0.05, 0) is 53.4 Å². The number of allylic oxidation sites excluding steroid dienone is 4. The summed E-state index contributed by atoms with van der Waals surface area (Å²) in [4.78, 5) is 38.5. The summed E-state index contributed by atoms with van der Waals surface area (Å²) in [7, 11) is 0. The number of hydrogen-bond acceptors (Lipinski definition) is 3. The molecule has 0 heterocycles. The van der Waals surface area contributed by atoms with Gasteiger partial charge in [0, 0.05) is 30.1 Å². The number of benzene rings is 1. The predicted molar refractivity (Wildman–Crippen MR) is 142 cm³/mol. The van der Waals surface area contributed by atoms with E-state index in [1.807, 2.05) is 27.7 Å². The molecule has 0 fully saturated rings. The van der Waals surface area contributed by atoms with Crippen molar-refractivity contribution in [2.75, 3.05) is 0 Å². The summed E-state index contributed by atoms with van der Waals surface area (Å²) in [6.07, 6.45) is 7.12. The van der Waals surface area contributed by atoms with Crippen molar-refractivity contribution in [2.45, 2.75) is 87.5 Å². The molecule has 0 bridgehead atoms. The minimum atomic E-state index is -0.352. The Morgan fingerprint density at radius 2 is 1.65 bits per heavy atom. The van der Waals surface area contributed by atoms with Crippen LogP contribution in [0.4, 0.5) is 0 Å². The lowest BCUT2D eigenvalue weighted by molar-refractivity contribution is -0.136. The predicted octanol–water partition coefficient (Wildman–Crippen LogP) is 7.60. The zero-order chi connectivity index (χ0) is 25.8. The highest BCUT2D eigenvalue weighted by Crippen LogP contribution is 2.50. The summed E-state index contributed by atoms with van der Waals surface area (Å²) in [5.41, 5.74) is 3.18. The molecule has 4 unspecified atom stereocenters. The van der Waals surface area contributed by atoms with Crippen LogP contribution in [0, 0.1) is 28.6 Å². The Morgan fingerprint density at radius 1 is 1.03 bits per heavy atom. The maximum Gasteiger partial charge on any atom is 0.152 e. The van der Waals surface area contributed by atoms with E-state index in [2.05, 4.69) is 58.0 Å². The molecular formula is C31H44O3. The average Bonchev–Trinajstić information content (AvgIpc) is 3.08. The van der Waals surface area contributed by atoms with Crippen molar-refractivity contribution < 1.29 is 14.4 Å². The number of fused-ring (bicyclic) bond motifs is 1. The highest BCUT2D eigenvalue weighted by Gasteiger charge is 2.43. The van der Waals surface area contributed by atoms with E-state index in [0.29, 0.717) is 12.3 Å². The fourth-order valence-corrected chi connectivity index (χ4v) is 5.53. The number of ketones is 3. The van der Waals surface area contributed by atoms with Crippen LogP contribution in [0.15, 0.2) is 42.5 Å². The van der Waals surface area contributed by atoms with E-state index in [1.54, 1.807) is 6.08 Å². The first-order valence-corrected chi connectivity index (χ1v) is 12.8. The van der Waals surface area contributed by atoms with Gasteiger partial charge in [-0.25, -0.2) is 0 Å². The fourth-order valence-electron chi connectivity index (χ4n) is 5.53. The Balaban J connectivity index is 2.29. The van der Waals surface area contributed by atoms with Gasteiger partial charge in [0.05, 0.1) is 0 Å². The van der Waals surface area contributed by atoms with Crippen LogP contribution >= 0.6 is 0 Å². The standard InChI is InChI=1S/C31H44O3/c1-10-25(31(8,9)26-18-21(3)23-16-11-12-17-24(23)26)28(33)19-27(30(5,6)7)29(34)20(2)14-13-15-22(4)32/h11-13,15-18,20-21,25,27H,10,14,19H2,1-9H3/b15-13+. The normalized spacial score (nSPS) is 18.9. The molecule has 186 valence electrons. The van der Waals surface area contributed by atoms with Crippen LogP contribution < -0.4 is 0 Å². The van der Waals surface area contributed by atoms with Gasteiger partial charge in [0.15, 0.2) is 5.78 Å². The largest absolute Gasteiger partial charge is 0.299 e. The van der Waals surface area contributed by atoms with Crippen molar-refractivity contribution in [2.24, 2.45) is 28.6 Å². The highest BCUT2D eigenvalue weighted by atomic mass is 16.1. The molecule has 1 aromatic rings. The van der Waals surface area contributed by atoms with Crippen LogP contribution in [-0.4, -0.2) is 17.3 Å². The maximum absolute atomic E-state index is 13.8. The molecule has 0 spiro atoms. The molecule has 0 aromatic heterocycles. The van der Waals surface area contributed by atoms with Crippen molar-refractivity contribution in [3.8, 4) is 0 Å². The molecule has 3 heteroatoms. The molecule has 1 aliphatic rings. The quantitative estimate of drug-likeness (QED) is 0.317. The fraction of sp³-hybridized carbons (Fsp3) is 0.581. The lowest BCUT2D eigenvalue weighted by Crippen LogP contribution is -2.38. The van der Waals surface area contributed by atoms with Gasteiger partial charge >= 0.3 is 0 Å². The molecule has 34 heavy (non-hydrogen) atoms. The SMILES string of the molecule is CCC(C(=O)CC(C(=O)C(C)C/C=C/C(C)=O)C(C)(C)C)C(C)(C)C1=CC(C)c2ccccc21. The van der Waals surface area contributed by atoms with Crippen LogP contribution in [0.2, 0.25) is 0 Å². The highest BCUT2D eigenvalue weighted by molar-refractivity contribution is 5.93. The van der Waals surface area contributed by atoms with Gasteiger partial charge in [0.2, 0.25) is 0 Å². The van der Waals surface area contributed by atoms with Crippen molar-refractivity contribution >= 4 is 22.9 Å². The van der Waals surface area contributed by atoms with E-state index in [0.717, 1.165) is 6.42 Å². The second-order valence-electron chi connectivity index (χ2n) is 11.8. The molecule has 0 radical (unpaired) electrons. The Morgan fingerprint density at radius 3 is 2.21 bits per heavy atom. The van der Waals surface area contributed by atoms with Gasteiger partial charge in [0.1, 0.15) is 11.6 Å². The zero-order valence-corrected chi connectivity index (χ0v) is 22.7. The van der Waals surface area contributed by atoms with Crippen molar-refractivity contribution in [3.63, 3.8) is 0 Å². The Kier molecular flexibility index (Phi) is 9.02. The second kappa shape index (κ2) is 11.0. The van der Waals surface area contributed by atoms with Crippen molar-refractivity contribution in [1.29, 1.82) is 0 Å². The smallest absolute Gasteiger partial charge is 0.152 e. The summed E-state index contributed by atoms with van der Waals surface area (Å²) in [6.45, 7) is 18.2. The summed E-state index contributed by atoms with van der Waals surface area (Å²) in [5, 5.41) is 0. The lowest BCUT2D eigenvalue weighted by Gasteiger charge is -2.37. The number of Topliss-reactive ketones (excluding diaryl/α,β-unsaturated/α-hetero) is 2. The Labute approximate surface area is 207 Å². The third-order valence-electron chi connectivity index (χ3n) is 7.64. The van der Waals surface area contributed by atoms with Crippen LogP contribution in [0.3, 0.4) is 0 Å². The lowest BCUT2D eigenvalue weighted by atomic mass is 9.65. The topological polar surface area (TPSA) is 51.2 Å². The van der Waals surface area contributed by atoms with Gasteiger partial charge in [0.25, 0.3) is 0 Å². The molecule has 3 nitrogen and oxygen atoms in total. The minimum absolute atomic E-state index is 0.0210. The third-order valence-corrected chi connectivity index (χ3v) is 7.64. The van der Waals surface area contributed by atoms with Crippen LogP contribution in [-0.2, 0) is 14.4 Å². The molecule has 0 N–H and O–H groups in total. The van der Waals surface area contributed by atoms with E-state index in [4.69, 9.17) is 0 Å². The molecule has 4 atom stereocenters. The molecular weight excluding hydrogens is 420 g/mol. The number of rotatable bonds is 11. The van der Waals surface area contributed by atoms with Gasteiger partial charge in [-0.1, -0.05) is 91.8 Å². The van der Waals surface area contributed by atoms with E-state index in [1.165, 1.54) is 29.7 Å². The molecule has 2 rings (SSSR count). The van der Waals surface area contributed by atoms with Crippen molar-refractivity contribution in [1.82, 2.24) is 0 Å². The van der Waals surface area contributed by atoms with E-state index < -0.39 is 0 Å². The molecule has 1 aliphatic carbocycles. The van der Waals surface area contributed by atoms with Gasteiger partial charge in [-0.15, -0.1) is 0 Å². The molecule has 0 aliphatic heterocycles. The molecule has 0 saturated heterocycles. The summed E-state index contributed by atoms with van der Waals surface area (Å²) >= 11 is 0. The van der Waals surface area contributed by atoms with Crippen molar-refractivity contribution in [3.05, 3.63) is 53.6 Å². The molecule has 0 saturated carbocycles. The number of carbonyl (C=O) groups excluding carboxylic acids is 3. The van der Waals surface area contributed by atoms with E-state index >= 15 is 0 Å². The summed E-state index contributed by atoms with van der Waals surface area (Å²) < 4.78 is 0. The number of hydrogen-bond donors (Lipinski definition) is 0. The van der Waals surface area contributed by atoms with Gasteiger partial charge < -0.3 is 0 Å². The van der Waals surface area contributed by atoms with Crippen LogP contribution in [0.25, 0.3) is 5.57 Å². The maximum atomic E-state index is 13.8. The first kappa shape index (κ1) is 28.0. The monoisotopic (exact) mass is 464 g/mol. The van der Waals surface area contributed by atoms with E-state index in [-0.39, 0.29) is 52.4 Å². The Hall–Kier alpha value is -2.29. The first-order chi connectivity index (χ1) is 15.7. The first-order valence-electron chi connectivity index (χ1n) is 12.8. The summed E-state index contributed by atoms with van der Waals surface area (Å²) in [5.74, 6) is -0.146.